The fourth-order valence-corrected chi connectivity index (χ4v) is 6.97. The van der Waals surface area contributed by atoms with Crippen LogP contribution < -0.4 is 0 Å². The molecule has 0 N–H and O–H groups in total. The van der Waals surface area contributed by atoms with Gasteiger partial charge < -0.3 is 9.97 Å². The van der Waals surface area contributed by atoms with Gasteiger partial charge in [-0.15, -0.1) is 59.7 Å². The minimum absolute atomic E-state index is 0. The van der Waals surface area contributed by atoms with Crippen molar-refractivity contribution in [1.82, 2.24) is 9.97 Å². The van der Waals surface area contributed by atoms with Crippen LogP contribution in [-0.2, 0) is 20.1 Å². The van der Waals surface area contributed by atoms with Gasteiger partial charge in [-0.1, -0.05) is 84.2 Å². The van der Waals surface area contributed by atoms with Gasteiger partial charge in [0.15, 0.2) is 0 Å². The Bertz CT molecular complexity index is 2360. The van der Waals surface area contributed by atoms with Crippen molar-refractivity contribution in [3.8, 4) is 22.5 Å². The summed E-state index contributed by atoms with van der Waals surface area (Å²) < 4.78 is 2.59. The Kier molecular flexibility index (Phi) is 7.72. The summed E-state index contributed by atoms with van der Waals surface area (Å²) in [6, 6.07) is 52.9. The van der Waals surface area contributed by atoms with Crippen molar-refractivity contribution in [1.29, 1.82) is 0 Å². The van der Waals surface area contributed by atoms with Crippen LogP contribution in [0.4, 0.5) is 0 Å². The third kappa shape index (κ3) is 5.08. The van der Waals surface area contributed by atoms with Crippen molar-refractivity contribution >= 4 is 63.8 Å². The van der Waals surface area contributed by atoms with Crippen LogP contribution in [0.2, 0.25) is 0 Å². The molecule has 0 unspecified atom stereocenters. The maximum Gasteiger partial charge on any atom is 0.0246 e. The molecule has 0 saturated carbocycles. The van der Waals surface area contributed by atoms with Gasteiger partial charge in [-0.3, -0.25) is 0 Å². The molecule has 6 aromatic carbocycles. The largest absolute Gasteiger partial charge is 0.305 e. The van der Waals surface area contributed by atoms with Crippen molar-refractivity contribution in [2.24, 2.45) is 0 Å². The van der Waals surface area contributed by atoms with Gasteiger partial charge in [0.1, 0.15) is 0 Å². The first kappa shape index (κ1) is 28.1. The van der Waals surface area contributed by atoms with E-state index in [1.54, 1.807) is 6.20 Å². The van der Waals surface area contributed by atoms with Gasteiger partial charge in [0.2, 0.25) is 0 Å². The second-order valence-corrected chi connectivity index (χ2v) is 11.5. The van der Waals surface area contributed by atoms with E-state index in [-0.39, 0.29) is 20.1 Å². The van der Waals surface area contributed by atoms with Gasteiger partial charge in [-0.05, 0) is 72.0 Å². The van der Waals surface area contributed by atoms with E-state index in [1.807, 2.05) is 60.0 Å². The van der Waals surface area contributed by atoms with Crippen LogP contribution in [0.25, 0.3) is 75.0 Å². The van der Waals surface area contributed by atoms with Crippen LogP contribution in [0.3, 0.4) is 0 Å². The van der Waals surface area contributed by atoms with E-state index < -0.39 is 0 Å². The molecule has 0 atom stereocenters. The monoisotopic (exact) mass is 757 g/mol. The maximum atomic E-state index is 4.78. The quantitative estimate of drug-likeness (QED) is 0.130. The van der Waals surface area contributed by atoms with Crippen LogP contribution in [0.5, 0.6) is 0 Å². The van der Waals surface area contributed by atoms with Crippen molar-refractivity contribution in [3.63, 3.8) is 0 Å². The number of rotatable bonds is 2. The van der Waals surface area contributed by atoms with Crippen LogP contribution >= 0.6 is 11.3 Å². The Morgan fingerprint density at radius 1 is 0.477 bits per heavy atom. The van der Waals surface area contributed by atoms with Crippen LogP contribution in [0, 0.1) is 12.1 Å². The smallest absolute Gasteiger partial charge is 0.0246 e. The predicted octanol–water partition coefficient (Wildman–Crippen LogP) is 10.9. The SMILES string of the molecule is [Ir].[c-]1cc2c(cc1-c1nccc3c1ccc1c4ccccc4ccc31)sc1ccccc12.[c-]1ccccc1-c1ccccn1. The Hall–Kier alpha value is -4.73. The van der Waals surface area contributed by atoms with E-state index in [1.165, 1.54) is 52.5 Å². The molecule has 3 heterocycles. The zero-order chi connectivity index (χ0) is 28.6. The molecule has 1 radical (unpaired) electrons. The molecule has 0 bridgehead atoms. The average molecular weight is 757 g/mol. The van der Waals surface area contributed by atoms with Gasteiger partial charge in [0.05, 0.1) is 0 Å². The number of aromatic nitrogens is 2. The molecule has 0 saturated heterocycles. The van der Waals surface area contributed by atoms with Crippen LogP contribution in [0.1, 0.15) is 0 Å². The molecule has 0 aliphatic rings. The first-order chi connectivity index (χ1) is 21.3. The molecule has 0 aliphatic heterocycles. The second-order valence-electron chi connectivity index (χ2n) is 10.4. The fraction of sp³-hybridized carbons (Fsp3) is 0. The standard InChI is InChI=1S/C29H16NS.C11H8N.Ir/c1-2-6-20-18(5-1)9-11-22-21(20)13-14-26-23(22)15-16-30-29(26)19-10-12-25-24-7-3-4-8-27(24)31-28(25)17-19;1-2-6-10(7-3-1)11-8-4-5-9-12-11;/h1-9,11-17H;1-6,8-9H;/q2*-1;. The Labute approximate surface area is 273 Å². The molecule has 0 aliphatic carbocycles. The summed E-state index contributed by atoms with van der Waals surface area (Å²) in [5.41, 5.74) is 4.05. The van der Waals surface area contributed by atoms with E-state index in [0.29, 0.717) is 0 Å². The van der Waals surface area contributed by atoms with Crippen molar-refractivity contribution < 1.29 is 20.1 Å². The van der Waals surface area contributed by atoms with Crippen molar-refractivity contribution in [3.05, 3.63) is 158 Å². The normalized spacial score (nSPS) is 11.0. The summed E-state index contributed by atoms with van der Waals surface area (Å²) in [7, 11) is 0. The number of hydrogen-bond donors (Lipinski definition) is 0. The number of hydrogen-bond acceptors (Lipinski definition) is 3. The number of benzene rings is 6. The summed E-state index contributed by atoms with van der Waals surface area (Å²) in [6.07, 6.45) is 3.71. The average Bonchev–Trinajstić information content (AvgIpc) is 3.47. The van der Waals surface area contributed by atoms with Crippen LogP contribution in [0.15, 0.2) is 146 Å². The molecule has 0 amide bonds. The van der Waals surface area contributed by atoms with E-state index in [4.69, 9.17) is 4.98 Å². The molecular weight excluding hydrogens is 733 g/mol. The molecular formula is C40H24IrN2S-2. The molecule has 9 rings (SSSR count). The molecule has 4 heteroatoms. The Morgan fingerprint density at radius 2 is 1.23 bits per heavy atom. The number of nitrogens with zero attached hydrogens (tertiary/aromatic N) is 2. The van der Waals surface area contributed by atoms with Gasteiger partial charge >= 0.3 is 0 Å². The molecule has 2 nitrogen and oxygen atoms in total. The minimum Gasteiger partial charge on any atom is -0.305 e. The molecule has 44 heavy (non-hydrogen) atoms. The first-order valence-electron chi connectivity index (χ1n) is 14.2. The van der Waals surface area contributed by atoms with Gasteiger partial charge in [0, 0.05) is 37.2 Å². The first-order valence-corrected chi connectivity index (χ1v) is 15.1. The molecule has 3 aromatic heterocycles. The number of thiophene rings is 1. The van der Waals surface area contributed by atoms with E-state index in [2.05, 4.69) is 108 Å². The molecule has 0 fully saturated rings. The Balaban J connectivity index is 0.000000203. The number of pyridine rings is 2. The van der Waals surface area contributed by atoms with E-state index in [9.17, 15) is 0 Å². The summed E-state index contributed by atoms with van der Waals surface area (Å²) in [5.74, 6) is 0. The van der Waals surface area contributed by atoms with Gasteiger partial charge in [0.25, 0.3) is 0 Å². The zero-order valence-electron chi connectivity index (χ0n) is 23.5. The zero-order valence-corrected chi connectivity index (χ0v) is 26.7. The van der Waals surface area contributed by atoms with Crippen molar-refractivity contribution in [2.45, 2.75) is 0 Å². The summed E-state index contributed by atoms with van der Waals surface area (Å²) >= 11 is 1.83. The molecule has 9 aromatic rings. The molecule has 0 spiro atoms. The third-order valence-corrected chi connectivity index (χ3v) is 9.02. The summed E-state index contributed by atoms with van der Waals surface area (Å²) in [4.78, 5) is 9.00. The third-order valence-electron chi connectivity index (χ3n) is 7.88. The van der Waals surface area contributed by atoms with E-state index in [0.717, 1.165) is 22.5 Å². The van der Waals surface area contributed by atoms with Gasteiger partial charge in [-0.25, -0.2) is 0 Å². The van der Waals surface area contributed by atoms with Crippen molar-refractivity contribution in [2.75, 3.05) is 0 Å². The second kappa shape index (κ2) is 12.1. The number of fused-ring (bicyclic) bond motifs is 8. The predicted molar refractivity (Wildman–Crippen MR) is 182 cm³/mol. The summed E-state index contributed by atoms with van der Waals surface area (Å²) in [5, 5.41) is 10.1. The molecule has 211 valence electrons. The van der Waals surface area contributed by atoms with Gasteiger partial charge in [-0.2, -0.15) is 11.3 Å². The maximum absolute atomic E-state index is 4.78. The minimum atomic E-state index is 0. The Morgan fingerprint density at radius 3 is 2.09 bits per heavy atom. The van der Waals surface area contributed by atoms with E-state index >= 15 is 0 Å². The van der Waals surface area contributed by atoms with Crippen LogP contribution in [-0.4, -0.2) is 9.97 Å². The summed E-state index contributed by atoms with van der Waals surface area (Å²) in [6.45, 7) is 0. The topological polar surface area (TPSA) is 25.8 Å². The fourth-order valence-electron chi connectivity index (χ4n) is 5.84.